The van der Waals surface area contributed by atoms with Gasteiger partial charge in [0.25, 0.3) is 0 Å². The second-order valence-electron chi connectivity index (χ2n) is 3.65. The molecule has 0 amide bonds. The van der Waals surface area contributed by atoms with E-state index in [1.54, 1.807) is 0 Å². The summed E-state index contributed by atoms with van der Waals surface area (Å²) < 4.78 is 4.55. The van der Waals surface area contributed by atoms with Gasteiger partial charge in [0.2, 0.25) is 0 Å². The van der Waals surface area contributed by atoms with Crippen molar-refractivity contribution in [3.63, 3.8) is 0 Å². The minimum Gasteiger partial charge on any atom is -0.468 e. The first-order valence-electron chi connectivity index (χ1n) is 4.66. The van der Waals surface area contributed by atoms with E-state index in [9.17, 15) is 14.4 Å². The van der Waals surface area contributed by atoms with Gasteiger partial charge in [-0.05, 0) is 19.3 Å². The van der Waals surface area contributed by atoms with Gasteiger partial charge in [0.05, 0.1) is 7.11 Å². The van der Waals surface area contributed by atoms with Gasteiger partial charge in [-0.3, -0.25) is 14.4 Å². The van der Waals surface area contributed by atoms with Crippen LogP contribution in [0, 0.1) is 11.8 Å². The van der Waals surface area contributed by atoms with Gasteiger partial charge in [-0.1, -0.05) is 0 Å². The molecule has 14 heavy (non-hydrogen) atoms. The Morgan fingerprint density at radius 2 is 2.14 bits per heavy atom. The van der Waals surface area contributed by atoms with Crippen molar-refractivity contribution in [2.75, 3.05) is 7.11 Å². The minimum atomic E-state index is -0.744. The fourth-order valence-corrected chi connectivity index (χ4v) is 1.94. The number of Topliss-reactive ketones (excluding diaryl/α,β-unsaturated/α-hetero) is 2. The van der Waals surface area contributed by atoms with Crippen LogP contribution in [0.2, 0.25) is 0 Å². The molecule has 1 aliphatic rings. The Hall–Kier alpha value is -1.19. The van der Waals surface area contributed by atoms with Crippen LogP contribution in [0.5, 0.6) is 0 Å². The van der Waals surface area contributed by atoms with Gasteiger partial charge in [0.1, 0.15) is 17.5 Å². The lowest BCUT2D eigenvalue weighted by molar-refractivity contribution is -0.151. The fourth-order valence-electron chi connectivity index (χ4n) is 1.94. The number of hydrogen-bond acceptors (Lipinski definition) is 4. The zero-order valence-electron chi connectivity index (χ0n) is 8.41. The van der Waals surface area contributed by atoms with Crippen molar-refractivity contribution >= 4 is 17.5 Å². The van der Waals surface area contributed by atoms with E-state index in [1.807, 2.05) is 0 Å². The highest BCUT2D eigenvalue weighted by molar-refractivity contribution is 5.99. The Labute approximate surface area is 82.6 Å². The first-order valence-corrected chi connectivity index (χ1v) is 4.66. The van der Waals surface area contributed by atoms with Crippen LogP contribution in [-0.4, -0.2) is 24.6 Å². The molecule has 78 valence electrons. The molecule has 0 aromatic heterocycles. The van der Waals surface area contributed by atoms with Crippen LogP contribution in [0.1, 0.15) is 26.2 Å². The number of rotatable bonds is 3. The number of esters is 1. The average Bonchev–Trinajstić information content (AvgIpc) is 2.51. The molecule has 0 radical (unpaired) electrons. The third kappa shape index (κ3) is 2.19. The van der Waals surface area contributed by atoms with Crippen LogP contribution >= 0.6 is 0 Å². The number of ether oxygens (including phenoxy) is 1. The van der Waals surface area contributed by atoms with Crippen LogP contribution in [0.25, 0.3) is 0 Å². The number of carbonyl (C=O) groups excluding carboxylic acids is 3. The van der Waals surface area contributed by atoms with Gasteiger partial charge < -0.3 is 4.74 Å². The van der Waals surface area contributed by atoms with Crippen LogP contribution in [0.15, 0.2) is 0 Å². The molecule has 1 aliphatic carbocycles. The third-order valence-electron chi connectivity index (χ3n) is 2.65. The molecule has 4 heteroatoms. The smallest absolute Gasteiger partial charge is 0.316 e. The molecule has 1 rings (SSSR count). The van der Waals surface area contributed by atoms with Gasteiger partial charge in [0.15, 0.2) is 0 Å². The summed E-state index contributed by atoms with van der Waals surface area (Å²) in [6.07, 6.45) is 1.43. The zero-order valence-corrected chi connectivity index (χ0v) is 8.41. The molecule has 0 aromatic carbocycles. The molecule has 0 aliphatic heterocycles. The highest BCUT2D eigenvalue weighted by atomic mass is 16.5. The Balaban J connectivity index is 2.73. The monoisotopic (exact) mass is 198 g/mol. The second kappa shape index (κ2) is 4.35. The normalized spacial score (nSPS) is 23.3. The molecule has 1 fully saturated rings. The van der Waals surface area contributed by atoms with E-state index < -0.39 is 11.9 Å². The third-order valence-corrected chi connectivity index (χ3v) is 2.65. The standard InChI is InChI=1S/C10H14O4/c1-6(11)9(10(13)14-2)7-3-4-8(12)5-7/h7,9H,3-5H2,1-2H3/t7-,9?/m1/s1. The maximum absolute atomic E-state index is 11.3. The predicted octanol–water partition coefficient (Wildman–Crippen LogP) is 0.734. The molecule has 4 nitrogen and oxygen atoms in total. The number of methoxy groups -OCH3 is 1. The van der Waals surface area contributed by atoms with Gasteiger partial charge in [-0.2, -0.15) is 0 Å². The van der Waals surface area contributed by atoms with Crippen molar-refractivity contribution in [3.8, 4) is 0 Å². The molecule has 0 saturated heterocycles. The summed E-state index contributed by atoms with van der Waals surface area (Å²) in [5.74, 6) is -1.49. The lowest BCUT2D eigenvalue weighted by Gasteiger charge is -2.16. The van der Waals surface area contributed by atoms with E-state index in [0.717, 1.165) is 0 Å². The van der Waals surface area contributed by atoms with Gasteiger partial charge >= 0.3 is 5.97 Å². The number of carbonyl (C=O) groups is 3. The van der Waals surface area contributed by atoms with Crippen molar-refractivity contribution in [2.45, 2.75) is 26.2 Å². The topological polar surface area (TPSA) is 60.4 Å². The predicted molar refractivity (Wildman–Crippen MR) is 48.5 cm³/mol. The van der Waals surface area contributed by atoms with Crippen LogP contribution in [0.4, 0.5) is 0 Å². The molecule has 0 heterocycles. The minimum absolute atomic E-state index is 0.130. The Bertz CT molecular complexity index is 269. The maximum atomic E-state index is 11.3. The lowest BCUT2D eigenvalue weighted by atomic mass is 9.88. The molecule has 1 saturated carbocycles. The molecule has 1 unspecified atom stereocenters. The maximum Gasteiger partial charge on any atom is 0.316 e. The Kier molecular flexibility index (Phi) is 3.38. The summed E-state index contributed by atoms with van der Waals surface area (Å²) in [4.78, 5) is 33.5. The first-order chi connectivity index (χ1) is 6.56. The summed E-state index contributed by atoms with van der Waals surface area (Å²) in [5, 5.41) is 0. The molecular weight excluding hydrogens is 184 g/mol. The van der Waals surface area contributed by atoms with Crippen LogP contribution in [0.3, 0.4) is 0 Å². The van der Waals surface area contributed by atoms with E-state index in [2.05, 4.69) is 4.74 Å². The van der Waals surface area contributed by atoms with Gasteiger partial charge in [-0.25, -0.2) is 0 Å². The summed E-state index contributed by atoms with van der Waals surface area (Å²) >= 11 is 0. The highest BCUT2D eigenvalue weighted by Gasteiger charge is 2.37. The Morgan fingerprint density at radius 3 is 2.50 bits per heavy atom. The fraction of sp³-hybridized carbons (Fsp3) is 0.700. The molecule has 0 spiro atoms. The van der Waals surface area contributed by atoms with Crippen molar-refractivity contribution < 1.29 is 19.1 Å². The molecule has 0 bridgehead atoms. The largest absolute Gasteiger partial charge is 0.468 e. The van der Waals surface area contributed by atoms with Crippen LogP contribution < -0.4 is 0 Å². The highest BCUT2D eigenvalue weighted by Crippen LogP contribution is 2.30. The van der Waals surface area contributed by atoms with E-state index in [-0.39, 0.29) is 17.5 Å². The summed E-state index contributed by atoms with van der Waals surface area (Å²) in [5.41, 5.74) is 0. The average molecular weight is 198 g/mol. The van der Waals surface area contributed by atoms with Crippen molar-refractivity contribution in [1.82, 2.24) is 0 Å². The van der Waals surface area contributed by atoms with Crippen molar-refractivity contribution in [1.29, 1.82) is 0 Å². The van der Waals surface area contributed by atoms with E-state index in [4.69, 9.17) is 0 Å². The second-order valence-corrected chi connectivity index (χ2v) is 3.65. The van der Waals surface area contributed by atoms with Gasteiger partial charge in [-0.15, -0.1) is 0 Å². The summed E-state index contributed by atoms with van der Waals surface area (Å²) in [6.45, 7) is 1.37. The molecule has 2 atom stereocenters. The van der Waals surface area contributed by atoms with Crippen molar-refractivity contribution in [2.24, 2.45) is 11.8 Å². The first kappa shape index (κ1) is 10.9. The number of hydrogen-bond donors (Lipinski definition) is 0. The molecular formula is C10H14O4. The summed E-state index contributed by atoms with van der Waals surface area (Å²) in [6, 6.07) is 0. The Morgan fingerprint density at radius 1 is 1.50 bits per heavy atom. The summed E-state index contributed by atoms with van der Waals surface area (Å²) in [7, 11) is 1.26. The zero-order chi connectivity index (χ0) is 10.7. The lowest BCUT2D eigenvalue weighted by Crippen LogP contribution is -2.29. The molecule has 0 N–H and O–H groups in total. The quantitative estimate of drug-likeness (QED) is 0.495. The van der Waals surface area contributed by atoms with Crippen molar-refractivity contribution in [3.05, 3.63) is 0 Å². The van der Waals surface area contributed by atoms with E-state index in [0.29, 0.717) is 19.3 Å². The molecule has 0 aromatic rings. The SMILES string of the molecule is COC(=O)C(C(C)=O)[C@@H]1CCC(=O)C1. The van der Waals surface area contributed by atoms with E-state index >= 15 is 0 Å². The van der Waals surface area contributed by atoms with Gasteiger partial charge in [0, 0.05) is 12.8 Å². The van der Waals surface area contributed by atoms with E-state index in [1.165, 1.54) is 14.0 Å². The number of ketones is 2. The van der Waals surface area contributed by atoms with Crippen LogP contribution in [-0.2, 0) is 19.1 Å².